The number of carbonyl (C=O) groups is 3. The SMILES string of the molecule is CC(C)CN(C(=O)NCC(O)C(=O)OCc1ccccc1)C(Cc1ccc(-c2ccccc2)cc1)C(N)=O. The highest BCUT2D eigenvalue weighted by Crippen LogP contribution is 2.21. The molecule has 3 rings (SSSR count). The van der Waals surface area contributed by atoms with E-state index in [0.717, 1.165) is 22.3 Å². The normalized spacial score (nSPS) is 12.4. The Hall–Kier alpha value is -4.17. The summed E-state index contributed by atoms with van der Waals surface area (Å²) in [5.74, 6) is -1.45. The second kappa shape index (κ2) is 13.9. The summed E-state index contributed by atoms with van der Waals surface area (Å²) < 4.78 is 5.13. The molecular weight excluding hydrogens is 482 g/mol. The maximum Gasteiger partial charge on any atom is 0.337 e. The second-order valence-electron chi connectivity index (χ2n) is 9.53. The van der Waals surface area contributed by atoms with E-state index in [1.165, 1.54) is 4.90 Å². The smallest absolute Gasteiger partial charge is 0.337 e. The van der Waals surface area contributed by atoms with Gasteiger partial charge in [-0.25, -0.2) is 9.59 Å². The van der Waals surface area contributed by atoms with Gasteiger partial charge >= 0.3 is 12.0 Å². The van der Waals surface area contributed by atoms with Gasteiger partial charge in [0.1, 0.15) is 12.6 Å². The molecule has 3 aromatic carbocycles. The third-order valence-corrected chi connectivity index (χ3v) is 5.96. The molecule has 0 bridgehead atoms. The van der Waals surface area contributed by atoms with Crippen LogP contribution in [0.25, 0.3) is 11.1 Å². The Morgan fingerprint density at radius 2 is 1.45 bits per heavy atom. The van der Waals surface area contributed by atoms with Crippen LogP contribution in [0.3, 0.4) is 0 Å². The quantitative estimate of drug-likeness (QED) is 0.317. The zero-order chi connectivity index (χ0) is 27.5. The van der Waals surface area contributed by atoms with Crippen LogP contribution in [0.2, 0.25) is 0 Å². The van der Waals surface area contributed by atoms with Gasteiger partial charge in [-0.15, -0.1) is 0 Å². The fourth-order valence-corrected chi connectivity index (χ4v) is 3.99. The lowest BCUT2D eigenvalue weighted by molar-refractivity contribution is -0.154. The molecular formula is C30H35N3O5. The van der Waals surface area contributed by atoms with Crippen LogP contribution in [0.4, 0.5) is 4.79 Å². The molecule has 2 atom stereocenters. The lowest BCUT2D eigenvalue weighted by Crippen LogP contribution is -2.55. The number of hydrogen-bond acceptors (Lipinski definition) is 5. The Bertz CT molecular complexity index is 1180. The van der Waals surface area contributed by atoms with Crippen molar-refractivity contribution in [3.63, 3.8) is 0 Å². The summed E-state index contributed by atoms with van der Waals surface area (Å²) >= 11 is 0. The van der Waals surface area contributed by atoms with Gasteiger partial charge in [-0.3, -0.25) is 4.79 Å². The molecule has 0 spiro atoms. The number of aliphatic hydroxyl groups is 1. The zero-order valence-corrected chi connectivity index (χ0v) is 21.7. The van der Waals surface area contributed by atoms with Gasteiger partial charge in [0.15, 0.2) is 6.10 Å². The van der Waals surface area contributed by atoms with Crippen molar-refractivity contribution in [1.29, 1.82) is 0 Å². The summed E-state index contributed by atoms with van der Waals surface area (Å²) in [6, 6.07) is 25.2. The highest BCUT2D eigenvalue weighted by atomic mass is 16.5. The highest BCUT2D eigenvalue weighted by molar-refractivity contribution is 5.86. The molecule has 0 radical (unpaired) electrons. The van der Waals surface area contributed by atoms with Crippen LogP contribution in [0.5, 0.6) is 0 Å². The van der Waals surface area contributed by atoms with E-state index in [1.54, 1.807) is 12.1 Å². The van der Waals surface area contributed by atoms with E-state index in [1.807, 2.05) is 86.6 Å². The summed E-state index contributed by atoms with van der Waals surface area (Å²) in [5, 5.41) is 12.8. The number of nitrogens with two attached hydrogens (primary N) is 1. The molecule has 0 saturated heterocycles. The fraction of sp³-hybridized carbons (Fsp3) is 0.300. The number of nitrogens with one attached hydrogen (secondary N) is 1. The first kappa shape index (κ1) is 28.4. The van der Waals surface area contributed by atoms with Crippen LogP contribution >= 0.6 is 0 Å². The molecule has 0 aliphatic heterocycles. The van der Waals surface area contributed by atoms with Crippen molar-refractivity contribution in [2.45, 2.75) is 39.0 Å². The van der Waals surface area contributed by atoms with E-state index in [4.69, 9.17) is 10.5 Å². The maximum atomic E-state index is 13.1. The van der Waals surface area contributed by atoms with Gasteiger partial charge in [-0.1, -0.05) is 98.8 Å². The van der Waals surface area contributed by atoms with E-state index < -0.39 is 30.1 Å². The van der Waals surface area contributed by atoms with Crippen molar-refractivity contribution in [2.75, 3.05) is 13.1 Å². The first-order valence-corrected chi connectivity index (χ1v) is 12.6. The number of esters is 1. The van der Waals surface area contributed by atoms with Crippen LogP contribution in [0.15, 0.2) is 84.9 Å². The number of hydrogen-bond donors (Lipinski definition) is 3. The Kier molecular flexibility index (Phi) is 10.4. The monoisotopic (exact) mass is 517 g/mol. The van der Waals surface area contributed by atoms with Gasteiger partial charge < -0.3 is 25.8 Å². The predicted molar refractivity (Wildman–Crippen MR) is 146 cm³/mol. The lowest BCUT2D eigenvalue weighted by Gasteiger charge is -2.31. The number of rotatable bonds is 12. The minimum Gasteiger partial charge on any atom is -0.459 e. The Morgan fingerprint density at radius 1 is 0.868 bits per heavy atom. The minimum atomic E-state index is -1.55. The summed E-state index contributed by atoms with van der Waals surface area (Å²) in [7, 11) is 0. The average molecular weight is 518 g/mol. The average Bonchev–Trinajstić information content (AvgIpc) is 2.93. The molecule has 200 valence electrons. The van der Waals surface area contributed by atoms with Crippen LogP contribution in [-0.4, -0.2) is 53.1 Å². The van der Waals surface area contributed by atoms with Crippen LogP contribution in [-0.2, 0) is 27.4 Å². The fourth-order valence-electron chi connectivity index (χ4n) is 3.99. The largest absolute Gasteiger partial charge is 0.459 e. The molecule has 4 N–H and O–H groups in total. The van der Waals surface area contributed by atoms with Crippen molar-refractivity contribution in [3.05, 3.63) is 96.1 Å². The Morgan fingerprint density at radius 3 is 2.03 bits per heavy atom. The predicted octanol–water partition coefficient (Wildman–Crippen LogP) is 3.52. The molecule has 8 heteroatoms. The van der Waals surface area contributed by atoms with Crippen molar-refractivity contribution in [1.82, 2.24) is 10.2 Å². The molecule has 3 amide bonds. The first-order chi connectivity index (χ1) is 18.2. The van der Waals surface area contributed by atoms with E-state index in [2.05, 4.69) is 5.32 Å². The summed E-state index contributed by atoms with van der Waals surface area (Å²) in [5.41, 5.74) is 9.47. The van der Waals surface area contributed by atoms with Crippen molar-refractivity contribution in [2.24, 2.45) is 11.7 Å². The Labute approximate surface area is 223 Å². The standard InChI is InChI=1S/C30H35N3O5/c1-21(2)19-33(30(37)32-18-27(34)29(36)38-20-23-9-5-3-6-10-23)26(28(31)35)17-22-13-15-25(16-14-22)24-11-7-4-8-12-24/h3-16,21,26-27,34H,17-20H2,1-2H3,(H2,31,35)(H,32,37). The maximum absolute atomic E-state index is 13.1. The minimum absolute atomic E-state index is 0.0109. The van der Waals surface area contributed by atoms with Crippen molar-refractivity contribution in [3.8, 4) is 11.1 Å². The molecule has 0 aliphatic rings. The molecule has 0 fully saturated rings. The highest BCUT2D eigenvalue weighted by Gasteiger charge is 2.30. The molecule has 3 aromatic rings. The number of urea groups is 1. The number of aliphatic hydroxyl groups excluding tert-OH is 1. The number of carbonyl (C=O) groups excluding carboxylic acids is 3. The van der Waals surface area contributed by atoms with Gasteiger partial charge in [-0.2, -0.15) is 0 Å². The first-order valence-electron chi connectivity index (χ1n) is 12.6. The van der Waals surface area contributed by atoms with E-state index >= 15 is 0 Å². The summed E-state index contributed by atoms with van der Waals surface area (Å²) in [6.07, 6.45) is -1.33. The number of ether oxygens (including phenoxy) is 1. The topological polar surface area (TPSA) is 122 Å². The van der Waals surface area contributed by atoms with Crippen LogP contribution in [0, 0.1) is 5.92 Å². The molecule has 0 saturated carbocycles. The third-order valence-electron chi connectivity index (χ3n) is 5.96. The summed E-state index contributed by atoms with van der Waals surface area (Å²) in [4.78, 5) is 39.1. The Balaban J connectivity index is 1.63. The number of nitrogens with zero attached hydrogens (tertiary/aromatic N) is 1. The number of benzene rings is 3. The molecule has 38 heavy (non-hydrogen) atoms. The number of primary amides is 1. The van der Waals surface area contributed by atoms with Gasteiger partial charge in [0.2, 0.25) is 5.91 Å². The van der Waals surface area contributed by atoms with Gasteiger partial charge in [-0.05, 0) is 28.2 Å². The molecule has 0 aliphatic carbocycles. The van der Waals surface area contributed by atoms with Crippen LogP contribution < -0.4 is 11.1 Å². The number of amides is 3. The molecule has 0 heterocycles. The second-order valence-corrected chi connectivity index (χ2v) is 9.53. The molecule has 0 aromatic heterocycles. The zero-order valence-electron chi connectivity index (χ0n) is 21.7. The van der Waals surface area contributed by atoms with E-state index in [9.17, 15) is 19.5 Å². The van der Waals surface area contributed by atoms with Crippen molar-refractivity contribution < 1.29 is 24.2 Å². The summed E-state index contributed by atoms with van der Waals surface area (Å²) in [6.45, 7) is 3.75. The molecule has 8 nitrogen and oxygen atoms in total. The van der Waals surface area contributed by atoms with E-state index in [0.29, 0.717) is 0 Å². The van der Waals surface area contributed by atoms with E-state index in [-0.39, 0.29) is 32.0 Å². The molecule has 2 unspecified atom stereocenters. The van der Waals surface area contributed by atoms with Gasteiger partial charge in [0, 0.05) is 13.0 Å². The third kappa shape index (κ3) is 8.45. The lowest BCUT2D eigenvalue weighted by atomic mass is 9.99. The van der Waals surface area contributed by atoms with Gasteiger partial charge in [0.25, 0.3) is 0 Å². The van der Waals surface area contributed by atoms with Gasteiger partial charge in [0.05, 0.1) is 6.54 Å². The van der Waals surface area contributed by atoms with Crippen LogP contribution in [0.1, 0.15) is 25.0 Å². The van der Waals surface area contributed by atoms with Crippen molar-refractivity contribution >= 4 is 17.9 Å².